The van der Waals surface area contributed by atoms with E-state index in [4.69, 9.17) is 20.6 Å². The smallest absolute Gasteiger partial charge is 0.403 e. The van der Waals surface area contributed by atoms with E-state index >= 15 is 0 Å². The van der Waals surface area contributed by atoms with E-state index in [0.717, 1.165) is 36.2 Å². The molecule has 0 bridgehead atoms. The van der Waals surface area contributed by atoms with Crippen molar-refractivity contribution in [3.05, 3.63) is 52.5 Å². The molecule has 1 aliphatic rings. The zero-order valence-electron chi connectivity index (χ0n) is 12.3. The van der Waals surface area contributed by atoms with Gasteiger partial charge in [-0.05, 0) is 42.7 Å². The van der Waals surface area contributed by atoms with Crippen LogP contribution in [0.25, 0.3) is 5.57 Å². The average Bonchev–Trinajstić information content (AvgIpc) is 2.45. The van der Waals surface area contributed by atoms with Crippen LogP contribution in [0.3, 0.4) is 0 Å². The molecular weight excluding hydrogens is 307 g/mol. The second-order valence-electron chi connectivity index (χ2n) is 4.85. The first kappa shape index (κ1) is 16.4. The highest BCUT2D eigenvalue weighted by Crippen LogP contribution is 2.56. The molecule has 0 radical (unpaired) electrons. The molecule has 1 aromatic carbocycles. The number of hydrogen-bond acceptors (Lipinski definition) is 3. The first-order valence-corrected chi connectivity index (χ1v) is 9.18. The van der Waals surface area contributed by atoms with Crippen LogP contribution in [0.1, 0.15) is 38.7 Å². The van der Waals surface area contributed by atoms with Gasteiger partial charge in [0.25, 0.3) is 0 Å². The lowest BCUT2D eigenvalue weighted by Gasteiger charge is -2.23. The summed E-state index contributed by atoms with van der Waals surface area (Å²) in [6.07, 6.45) is 4.75. The van der Waals surface area contributed by atoms with Gasteiger partial charge in [0.15, 0.2) is 0 Å². The fourth-order valence-electron chi connectivity index (χ4n) is 2.11. The van der Waals surface area contributed by atoms with E-state index in [0.29, 0.717) is 11.6 Å². The third kappa shape index (κ3) is 4.47. The van der Waals surface area contributed by atoms with Crippen molar-refractivity contribution >= 4 is 24.8 Å². The van der Waals surface area contributed by atoms with Crippen molar-refractivity contribution in [2.24, 2.45) is 0 Å². The zero-order valence-corrected chi connectivity index (χ0v) is 14.0. The van der Waals surface area contributed by atoms with Gasteiger partial charge in [-0.2, -0.15) is 0 Å². The largest absolute Gasteiger partial charge is 0.426 e. The van der Waals surface area contributed by atoms with Crippen molar-refractivity contribution in [3.63, 3.8) is 0 Å². The van der Waals surface area contributed by atoms with Gasteiger partial charge < -0.3 is 4.52 Å². The van der Waals surface area contributed by atoms with Crippen LogP contribution in [-0.2, 0) is 13.6 Å². The van der Waals surface area contributed by atoms with Gasteiger partial charge >= 0.3 is 7.60 Å². The molecule has 0 aromatic heterocycles. The fourth-order valence-corrected chi connectivity index (χ4v) is 3.81. The van der Waals surface area contributed by atoms with Crippen LogP contribution in [0.2, 0.25) is 5.02 Å². The van der Waals surface area contributed by atoms with Gasteiger partial charge in [-0.25, -0.2) is 4.57 Å². The molecule has 3 nitrogen and oxygen atoms in total. The van der Waals surface area contributed by atoms with Crippen LogP contribution in [0.4, 0.5) is 0 Å². The highest BCUT2D eigenvalue weighted by atomic mass is 35.5. The van der Waals surface area contributed by atoms with Crippen molar-refractivity contribution in [1.82, 2.24) is 0 Å². The summed E-state index contributed by atoms with van der Waals surface area (Å²) < 4.78 is 23.6. The topological polar surface area (TPSA) is 35.5 Å². The Morgan fingerprint density at radius 1 is 1.24 bits per heavy atom. The highest BCUT2D eigenvalue weighted by molar-refractivity contribution is 7.57. The SMILES string of the molecule is CCCCC1=CC(c2ccc(Cl)cc2)=CP(=O)(OCC)O1. The third-order valence-electron chi connectivity index (χ3n) is 3.12. The van der Waals surface area contributed by atoms with Crippen LogP contribution < -0.4 is 0 Å². The van der Waals surface area contributed by atoms with E-state index in [2.05, 4.69) is 6.92 Å². The molecule has 0 saturated heterocycles. The Balaban J connectivity index is 2.34. The number of benzene rings is 1. The maximum atomic E-state index is 12.7. The van der Waals surface area contributed by atoms with E-state index in [1.165, 1.54) is 0 Å². The van der Waals surface area contributed by atoms with E-state index in [9.17, 15) is 4.57 Å². The third-order valence-corrected chi connectivity index (χ3v) is 5.07. The summed E-state index contributed by atoms with van der Waals surface area (Å²) in [5.41, 5.74) is 1.82. The summed E-state index contributed by atoms with van der Waals surface area (Å²) in [7, 11) is -3.21. The van der Waals surface area contributed by atoms with Gasteiger partial charge in [0, 0.05) is 17.3 Å². The predicted octanol–water partition coefficient (Wildman–Crippen LogP) is 6.01. The minimum atomic E-state index is -3.21. The Labute approximate surface area is 131 Å². The maximum Gasteiger partial charge on any atom is 0.403 e. The van der Waals surface area contributed by atoms with Crippen molar-refractivity contribution in [3.8, 4) is 0 Å². The minimum Gasteiger partial charge on any atom is -0.426 e. The average molecular weight is 327 g/mol. The Morgan fingerprint density at radius 2 is 1.95 bits per heavy atom. The molecule has 114 valence electrons. The normalized spacial score (nSPS) is 21.5. The van der Waals surface area contributed by atoms with Gasteiger partial charge in [-0.1, -0.05) is 37.1 Å². The number of allylic oxidation sites excluding steroid dienone is 3. The summed E-state index contributed by atoms with van der Waals surface area (Å²) in [5.74, 6) is 2.32. The number of rotatable bonds is 6. The van der Waals surface area contributed by atoms with Crippen LogP contribution in [0.5, 0.6) is 0 Å². The molecule has 1 aromatic rings. The van der Waals surface area contributed by atoms with Crippen LogP contribution >= 0.6 is 19.2 Å². The lowest BCUT2D eigenvalue weighted by molar-refractivity contribution is 0.252. The lowest BCUT2D eigenvalue weighted by atomic mass is 10.1. The molecule has 0 N–H and O–H groups in total. The first-order valence-electron chi connectivity index (χ1n) is 7.19. The molecule has 0 amide bonds. The first-order chi connectivity index (χ1) is 10.1. The van der Waals surface area contributed by atoms with E-state index < -0.39 is 7.60 Å². The van der Waals surface area contributed by atoms with Crippen molar-refractivity contribution in [2.45, 2.75) is 33.1 Å². The molecule has 1 atom stereocenters. The van der Waals surface area contributed by atoms with Crippen molar-refractivity contribution in [1.29, 1.82) is 0 Å². The fraction of sp³-hybridized carbons (Fsp3) is 0.375. The summed E-state index contributed by atoms with van der Waals surface area (Å²) >= 11 is 5.91. The Kier molecular flexibility index (Phi) is 5.69. The van der Waals surface area contributed by atoms with Crippen LogP contribution in [0, 0.1) is 0 Å². The van der Waals surface area contributed by atoms with Crippen LogP contribution in [-0.4, -0.2) is 6.61 Å². The van der Waals surface area contributed by atoms with Crippen molar-refractivity contribution in [2.75, 3.05) is 6.61 Å². The quantitative estimate of drug-likeness (QED) is 0.600. The second kappa shape index (κ2) is 7.31. The zero-order chi connectivity index (χ0) is 15.3. The highest BCUT2D eigenvalue weighted by Gasteiger charge is 2.28. The summed E-state index contributed by atoms with van der Waals surface area (Å²) in [5, 5.41) is 0.676. The van der Waals surface area contributed by atoms with E-state index in [-0.39, 0.29) is 0 Å². The monoisotopic (exact) mass is 326 g/mol. The van der Waals surface area contributed by atoms with Gasteiger partial charge in [0.2, 0.25) is 0 Å². The molecule has 1 unspecified atom stereocenters. The number of unbranched alkanes of at least 4 members (excludes halogenated alkanes) is 1. The predicted molar refractivity (Wildman–Crippen MR) is 87.4 cm³/mol. The van der Waals surface area contributed by atoms with Gasteiger partial charge in [0.1, 0.15) is 5.76 Å². The minimum absolute atomic E-state index is 0.350. The molecule has 2 rings (SSSR count). The summed E-state index contributed by atoms with van der Waals surface area (Å²) in [4.78, 5) is 0. The molecule has 1 heterocycles. The summed E-state index contributed by atoms with van der Waals surface area (Å²) in [6, 6.07) is 7.45. The second-order valence-corrected chi connectivity index (χ2v) is 7.07. The number of halogens is 1. The van der Waals surface area contributed by atoms with E-state index in [1.807, 2.05) is 37.3 Å². The maximum absolute atomic E-state index is 12.7. The van der Waals surface area contributed by atoms with E-state index in [1.54, 1.807) is 5.82 Å². The molecule has 21 heavy (non-hydrogen) atoms. The van der Waals surface area contributed by atoms with Gasteiger partial charge in [-0.15, -0.1) is 0 Å². The van der Waals surface area contributed by atoms with Gasteiger partial charge in [-0.3, -0.25) is 4.52 Å². The Bertz CT molecular complexity index is 590. The Morgan fingerprint density at radius 3 is 2.57 bits per heavy atom. The molecule has 5 heteroatoms. The molecule has 0 saturated carbocycles. The van der Waals surface area contributed by atoms with Crippen molar-refractivity contribution < 1.29 is 13.6 Å². The number of hydrogen-bond donors (Lipinski definition) is 0. The molecule has 0 spiro atoms. The molecule has 0 aliphatic carbocycles. The summed E-state index contributed by atoms with van der Waals surface area (Å²) in [6.45, 7) is 4.27. The molecule has 0 fully saturated rings. The lowest BCUT2D eigenvalue weighted by Crippen LogP contribution is -2.01. The molecular formula is C16H20ClO3P. The standard InChI is InChI=1S/C16H20ClO3P/c1-3-5-6-16-11-14(12-21(18,20-16)19-4-2)13-7-9-15(17)10-8-13/h7-12H,3-6H2,1-2H3. The Hall–Kier alpha value is -1.02. The van der Waals surface area contributed by atoms with Crippen LogP contribution in [0.15, 0.2) is 41.9 Å². The van der Waals surface area contributed by atoms with Gasteiger partial charge in [0.05, 0.1) is 6.61 Å². The molecule has 1 aliphatic heterocycles.